The highest BCUT2D eigenvalue weighted by Gasteiger charge is 2.21. The number of para-hydroxylation sites is 2. The van der Waals surface area contributed by atoms with Gasteiger partial charge in [-0.05, 0) is 24.3 Å². The van der Waals surface area contributed by atoms with Crippen LogP contribution in [0.4, 0.5) is 0 Å². The van der Waals surface area contributed by atoms with E-state index in [2.05, 4.69) is 15.6 Å². The normalized spacial score (nSPS) is 11.9. The van der Waals surface area contributed by atoms with Crippen LogP contribution in [0.25, 0.3) is 21.8 Å². The maximum absolute atomic E-state index is 13.0. The third kappa shape index (κ3) is 4.37. The number of nitrogens with two attached hydrogens (primary N) is 1. The molecule has 31 heavy (non-hydrogen) atoms. The summed E-state index contributed by atoms with van der Waals surface area (Å²) in [6.07, 6.45) is 1.60. The van der Waals surface area contributed by atoms with E-state index in [1.807, 2.05) is 48.5 Å². The molecule has 156 valence electrons. The molecule has 0 radical (unpaired) electrons. The van der Waals surface area contributed by atoms with Crippen LogP contribution in [0.5, 0.6) is 0 Å². The molecule has 0 bridgehead atoms. The molecule has 4 rings (SSSR count). The predicted octanol–water partition coefficient (Wildman–Crippen LogP) is 1.92. The van der Waals surface area contributed by atoms with Crippen molar-refractivity contribution in [3.05, 3.63) is 78.3 Å². The summed E-state index contributed by atoms with van der Waals surface area (Å²) in [5.41, 5.74) is 7.19. The molecule has 8 nitrogen and oxygen atoms in total. The molecular formula is C23H20N4O4. The zero-order chi connectivity index (χ0) is 21.8. The summed E-state index contributed by atoms with van der Waals surface area (Å²) in [5, 5.41) is 6.54. The Kier molecular flexibility index (Phi) is 5.61. The molecule has 1 atom stereocenters. The van der Waals surface area contributed by atoms with Gasteiger partial charge in [0.05, 0.1) is 29.4 Å². The lowest BCUT2D eigenvalue weighted by Gasteiger charge is -2.15. The maximum Gasteiger partial charge on any atom is 0.253 e. The number of hydrogen-bond acceptors (Lipinski definition) is 5. The second-order valence-electron chi connectivity index (χ2n) is 7.01. The van der Waals surface area contributed by atoms with Crippen LogP contribution < -0.4 is 16.4 Å². The number of carbonyl (C=O) groups excluding carboxylic acids is 3. The van der Waals surface area contributed by atoms with Gasteiger partial charge in [-0.3, -0.25) is 14.4 Å². The number of amides is 3. The van der Waals surface area contributed by atoms with Gasteiger partial charge >= 0.3 is 0 Å². The minimum absolute atomic E-state index is 0.127. The lowest BCUT2D eigenvalue weighted by Crippen LogP contribution is -2.49. The Labute approximate surface area is 177 Å². The minimum Gasteiger partial charge on any atom is -0.469 e. The largest absolute Gasteiger partial charge is 0.469 e. The number of nitrogens with zero attached hydrogens (tertiary/aromatic N) is 1. The first-order valence-corrected chi connectivity index (χ1v) is 9.69. The number of nitrogens with one attached hydrogen (secondary N) is 2. The Balaban J connectivity index is 1.51. The minimum atomic E-state index is -0.946. The van der Waals surface area contributed by atoms with E-state index in [4.69, 9.17) is 10.2 Å². The Hall–Kier alpha value is -4.20. The summed E-state index contributed by atoms with van der Waals surface area (Å²) in [4.78, 5) is 41.7. The van der Waals surface area contributed by atoms with Gasteiger partial charge in [-0.1, -0.05) is 36.4 Å². The standard InChI is InChI=1S/C23H20N4O4/c24-22(29)19(12-14-6-5-11-31-14)27-20(28)13-25-23(30)21-15-7-1-3-9-17(15)26-18-10-4-2-8-16(18)21/h1-11,19H,12-13H2,(H2,24,29)(H,25,30)(H,27,28)/t19-/m0/s1. The van der Waals surface area contributed by atoms with Gasteiger partial charge in [-0.25, -0.2) is 4.98 Å². The molecule has 0 aliphatic rings. The summed E-state index contributed by atoms with van der Waals surface area (Å²) in [5.74, 6) is -1.12. The quantitative estimate of drug-likeness (QED) is 0.397. The maximum atomic E-state index is 13.0. The Morgan fingerprint density at radius 1 is 0.935 bits per heavy atom. The van der Waals surface area contributed by atoms with Crippen molar-refractivity contribution in [3.63, 3.8) is 0 Å². The van der Waals surface area contributed by atoms with Crippen LogP contribution in [0, 0.1) is 0 Å². The number of aromatic nitrogens is 1. The highest BCUT2D eigenvalue weighted by Crippen LogP contribution is 2.25. The van der Waals surface area contributed by atoms with Crippen molar-refractivity contribution in [1.29, 1.82) is 0 Å². The summed E-state index contributed by atoms with van der Waals surface area (Å²) >= 11 is 0. The van der Waals surface area contributed by atoms with Crippen LogP contribution in [0.2, 0.25) is 0 Å². The lowest BCUT2D eigenvalue weighted by molar-refractivity contribution is -0.126. The number of benzene rings is 2. The van der Waals surface area contributed by atoms with Crippen LogP contribution in [-0.4, -0.2) is 35.3 Å². The number of primary amides is 1. The first-order chi connectivity index (χ1) is 15.0. The van der Waals surface area contributed by atoms with E-state index in [0.29, 0.717) is 33.1 Å². The third-order valence-electron chi connectivity index (χ3n) is 4.89. The van der Waals surface area contributed by atoms with E-state index in [0.717, 1.165) is 0 Å². The molecule has 0 fully saturated rings. The van der Waals surface area contributed by atoms with Crippen molar-refractivity contribution < 1.29 is 18.8 Å². The topological polar surface area (TPSA) is 127 Å². The molecule has 2 aromatic heterocycles. The second kappa shape index (κ2) is 8.66. The predicted molar refractivity (Wildman–Crippen MR) is 115 cm³/mol. The van der Waals surface area contributed by atoms with Crippen LogP contribution in [0.3, 0.4) is 0 Å². The van der Waals surface area contributed by atoms with E-state index in [9.17, 15) is 14.4 Å². The van der Waals surface area contributed by atoms with Crippen molar-refractivity contribution in [3.8, 4) is 0 Å². The lowest BCUT2D eigenvalue weighted by atomic mass is 10.0. The van der Waals surface area contributed by atoms with Gasteiger partial charge in [-0.2, -0.15) is 0 Å². The molecular weight excluding hydrogens is 396 g/mol. The van der Waals surface area contributed by atoms with E-state index in [-0.39, 0.29) is 13.0 Å². The molecule has 0 saturated carbocycles. The van der Waals surface area contributed by atoms with E-state index in [1.54, 1.807) is 12.1 Å². The summed E-state index contributed by atoms with van der Waals surface area (Å²) < 4.78 is 5.20. The Morgan fingerprint density at radius 2 is 1.58 bits per heavy atom. The van der Waals surface area contributed by atoms with Crippen LogP contribution >= 0.6 is 0 Å². The Bertz CT molecular complexity index is 1210. The van der Waals surface area contributed by atoms with E-state index in [1.165, 1.54) is 6.26 Å². The molecule has 2 heterocycles. The number of pyridine rings is 1. The number of carbonyl (C=O) groups is 3. The van der Waals surface area contributed by atoms with E-state index >= 15 is 0 Å². The zero-order valence-corrected chi connectivity index (χ0v) is 16.5. The van der Waals surface area contributed by atoms with Gasteiger partial charge in [0.15, 0.2) is 0 Å². The van der Waals surface area contributed by atoms with Gasteiger partial charge in [0.2, 0.25) is 11.8 Å². The number of fused-ring (bicyclic) bond motifs is 2. The van der Waals surface area contributed by atoms with Gasteiger partial charge in [0.25, 0.3) is 5.91 Å². The summed E-state index contributed by atoms with van der Waals surface area (Å²) in [7, 11) is 0. The van der Waals surface area contributed by atoms with Gasteiger partial charge in [0.1, 0.15) is 11.8 Å². The fourth-order valence-corrected chi connectivity index (χ4v) is 3.43. The average Bonchev–Trinajstić information content (AvgIpc) is 3.28. The van der Waals surface area contributed by atoms with Crippen LogP contribution in [0.15, 0.2) is 71.3 Å². The molecule has 0 saturated heterocycles. The first kappa shape index (κ1) is 20.1. The number of hydrogen-bond donors (Lipinski definition) is 3. The molecule has 0 unspecified atom stereocenters. The summed E-state index contributed by atoms with van der Waals surface area (Å²) in [6.45, 7) is -0.314. The molecule has 3 amide bonds. The monoisotopic (exact) mass is 416 g/mol. The fourth-order valence-electron chi connectivity index (χ4n) is 3.43. The fraction of sp³-hybridized carbons (Fsp3) is 0.130. The second-order valence-corrected chi connectivity index (χ2v) is 7.01. The number of rotatable bonds is 7. The molecule has 2 aromatic carbocycles. The van der Waals surface area contributed by atoms with Crippen molar-refractivity contribution >= 4 is 39.5 Å². The van der Waals surface area contributed by atoms with Crippen molar-refractivity contribution in [1.82, 2.24) is 15.6 Å². The van der Waals surface area contributed by atoms with Gasteiger partial charge in [-0.15, -0.1) is 0 Å². The molecule has 0 aliphatic heterocycles. The van der Waals surface area contributed by atoms with Gasteiger partial charge in [0, 0.05) is 17.2 Å². The van der Waals surface area contributed by atoms with Crippen molar-refractivity contribution in [2.75, 3.05) is 6.54 Å². The van der Waals surface area contributed by atoms with E-state index < -0.39 is 23.8 Å². The van der Waals surface area contributed by atoms with Crippen molar-refractivity contribution in [2.24, 2.45) is 5.73 Å². The molecule has 4 aromatic rings. The molecule has 0 aliphatic carbocycles. The highest BCUT2D eigenvalue weighted by atomic mass is 16.3. The molecule has 0 spiro atoms. The molecule has 4 N–H and O–H groups in total. The average molecular weight is 416 g/mol. The smallest absolute Gasteiger partial charge is 0.253 e. The van der Waals surface area contributed by atoms with Crippen LogP contribution in [0.1, 0.15) is 16.1 Å². The highest BCUT2D eigenvalue weighted by molar-refractivity contribution is 6.16. The van der Waals surface area contributed by atoms with Crippen LogP contribution in [-0.2, 0) is 16.0 Å². The first-order valence-electron chi connectivity index (χ1n) is 9.69. The molecule has 8 heteroatoms. The Morgan fingerprint density at radius 3 is 2.16 bits per heavy atom. The number of furan rings is 1. The summed E-state index contributed by atoms with van der Waals surface area (Å²) in [6, 6.07) is 17.1. The van der Waals surface area contributed by atoms with Gasteiger partial charge < -0.3 is 20.8 Å². The van der Waals surface area contributed by atoms with Crippen molar-refractivity contribution in [2.45, 2.75) is 12.5 Å². The SMILES string of the molecule is NC(=O)[C@H](Cc1ccco1)NC(=O)CNC(=O)c1c2ccccc2nc2ccccc12. The zero-order valence-electron chi connectivity index (χ0n) is 16.5. The third-order valence-corrected chi connectivity index (χ3v) is 4.89.